The first-order chi connectivity index (χ1) is 10.4. The van der Waals surface area contributed by atoms with Crippen molar-refractivity contribution in [2.45, 2.75) is 6.92 Å². The number of carbonyl (C=O) groups is 2. The summed E-state index contributed by atoms with van der Waals surface area (Å²) in [4.78, 5) is 20.7. The van der Waals surface area contributed by atoms with E-state index in [-0.39, 0.29) is 39.4 Å². The third kappa shape index (κ3) is 7.89. The van der Waals surface area contributed by atoms with E-state index in [1.54, 1.807) is 31.2 Å². The first kappa shape index (κ1) is 22.8. The number of amides is 2. The van der Waals surface area contributed by atoms with Gasteiger partial charge in [0.25, 0.3) is 0 Å². The van der Waals surface area contributed by atoms with Gasteiger partial charge in [0.1, 0.15) is 11.5 Å². The summed E-state index contributed by atoms with van der Waals surface area (Å²) < 4.78 is 0. The molecule has 0 fully saturated rings. The molecule has 0 spiro atoms. The molecule has 6 nitrogen and oxygen atoms in total. The Morgan fingerprint density at radius 2 is 1.04 bits per heavy atom. The van der Waals surface area contributed by atoms with Crippen LogP contribution in [0.3, 0.4) is 0 Å². The summed E-state index contributed by atoms with van der Waals surface area (Å²) in [5.41, 5.74) is 13.4. The van der Waals surface area contributed by atoms with Crippen LogP contribution in [0.4, 0.5) is 0 Å². The summed E-state index contributed by atoms with van der Waals surface area (Å²) in [5.74, 6) is -2.00. The number of benzene rings is 2. The van der Waals surface area contributed by atoms with Gasteiger partial charge in [-0.25, -0.2) is 0 Å². The molecule has 0 radical (unpaired) electrons. The number of phenols is 2. The van der Waals surface area contributed by atoms with Gasteiger partial charge in [-0.3, -0.25) is 0 Å². The Kier molecular flexibility index (Phi) is 11.9. The van der Waals surface area contributed by atoms with Crippen LogP contribution >= 0.6 is 0 Å². The van der Waals surface area contributed by atoms with E-state index in [2.05, 4.69) is 6.92 Å². The van der Waals surface area contributed by atoms with Crippen LogP contribution in [0.5, 0.6) is 11.5 Å². The van der Waals surface area contributed by atoms with Gasteiger partial charge in [-0.05, 0) is 24.3 Å². The molecular formula is C16H17CoN2O4. The van der Waals surface area contributed by atoms with E-state index >= 15 is 0 Å². The Morgan fingerprint density at radius 1 is 0.783 bits per heavy atom. The number of hydrogen-bond acceptors (Lipinski definition) is 4. The minimum absolute atomic E-state index is 0. The fraction of sp³-hybridized carbons (Fsp3) is 0.0625. The van der Waals surface area contributed by atoms with E-state index in [1.165, 1.54) is 24.3 Å². The monoisotopic (exact) mass is 360 g/mol. The summed E-state index contributed by atoms with van der Waals surface area (Å²) in [6.07, 6.45) is 0. The fourth-order valence-electron chi connectivity index (χ4n) is 1.33. The zero-order chi connectivity index (χ0) is 17.1. The van der Waals surface area contributed by atoms with Gasteiger partial charge in [-0.2, -0.15) is 6.92 Å². The molecule has 0 atom stereocenters. The summed E-state index contributed by atoms with van der Waals surface area (Å²) in [6, 6.07) is 12.0. The Bertz CT molecular complexity index is 577. The number of phenolic OH excluding ortho intramolecular Hbond substituents is 2. The van der Waals surface area contributed by atoms with Crippen LogP contribution < -0.4 is 0 Å². The summed E-state index contributed by atoms with van der Waals surface area (Å²) in [5, 5.41) is 17.9. The molecule has 23 heavy (non-hydrogen) atoms. The number of aromatic hydroxyl groups is 2. The number of nitrogens with one attached hydrogen (secondary N) is 2. The van der Waals surface area contributed by atoms with Crippen molar-refractivity contribution in [2.75, 3.05) is 0 Å². The molecule has 0 saturated heterocycles. The molecule has 0 saturated carbocycles. The van der Waals surface area contributed by atoms with Gasteiger partial charge in [-0.15, -0.1) is 0 Å². The van der Waals surface area contributed by atoms with Crippen LogP contribution in [0.1, 0.15) is 27.6 Å². The first-order valence-electron chi connectivity index (χ1n) is 6.22. The van der Waals surface area contributed by atoms with Crippen LogP contribution in [0.2, 0.25) is 0 Å². The average molecular weight is 360 g/mol. The van der Waals surface area contributed by atoms with E-state index < -0.39 is 11.8 Å². The molecule has 0 aliphatic heterocycles. The van der Waals surface area contributed by atoms with Crippen molar-refractivity contribution in [1.82, 2.24) is 0 Å². The summed E-state index contributed by atoms with van der Waals surface area (Å²) >= 11 is 0. The zero-order valence-corrected chi connectivity index (χ0v) is 13.4. The van der Waals surface area contributed by atoms with Gasteiger partial charge in [0.15, 0.2) is 0 Å². The van der Waals surface area contributed by atoms with E-state index in [4.69, 9.17) is 21.7 Å². The molecule has 0 unspecified atom stereocenters. The van der Waals surface area contributed by atoms with Gasteiger partial charge in [0, 0.05) is 11.1 Å². The van der Waals surface area contributed by atoms with Crippen molar-refractivity contribution >= 4 is 11.8 Å². The van der Waals surface area contributed by atoms with E-state index in [1.807, 2.05) is 0 Å². The largest absolute Gasteiger partial charge is 3.00 e. The van der Waals surface area contributed by atoms with Gasteiger partial charge >= 0.3 is 16.8 Å². The second kappa shape index (κ2) is 12.1. The Morgan fingerprint density at radius 3 is 1.22 bits per heavy atom. The minimum Gasteiger partial charge on any atom is -0.663 e. The molecule has 2 rings (SSSR count). The molecule has 4 N–H and O–H groups in total. The predicted octanol–water partition coefficient (Wildman–Crippen LogP) is 4.01. The topological polar surface area (TPSA) is 122 Å². The molecule has 2 aromatic carbocycles. The van der Waals surface area contributed by atoms with Crippen molar-refractivity contribution in [3.05, 3.63) is 78.0 Å². The first-order valence-corrected chi connectivity index (χ1v) is 6.22. The smallest absolute Gasteiger partial charge is 0.663 e. The zero-order valence-electron chi connectivity index (χ0n) is 12.4. The van der Waals surface area contributed by atoms with Gasteiger partial charge in [-0.1, -0.05) is 24.3 Å². The molecular weight excluding hydrogens is 343 g/mol. The molecule has 124 valence electrons. The normalized spacial score (nSPS) is 8.26. The van der Waals surface area contributed by atoms with E-state index in [9.17, 15) is 9.59 Å². The number of para-hydroxylation sites is 2. The fourth-order valence-corrected chi connectivity index (χ4v) is 1.33. The molecule has 0 heterocycles. The van der Waals surface area contributed by atoms with Crippen molar-refractivity contribution in [3.63, 3.8) is 0 Å². The molecule has 0 aromatic heterocycles. The van der Waals surface area contributed by atoms with Crippen LogP contribution in [0.25, 0.3) is 11.5 Å². The number of carbonyl (C=O) groups excluding carboxylic acids is 2. The maximum atomic E-state index is 10.4. The van der Waals surface area contributed by atoms with Gasteiger partial charge in [0.2, 0.25) is 0 Å². The number of hydrogen-bond donors (Lipinski definition) is 2. The third-order valence-electron chi connectivity index (χ3n) is 2.30. The predicted molar refractivity (Wildman–Crippen MR) is 84.5 cm³/mol. The van der Waals surface area contributed by atoms with Gasteiger partial charge < -0.3 is 38.2 Å². The van der Waals surface area contributed by atoms with Crippen LogP contribution in [0.15, 0.2) is 48.5 Å². The van der Waals surface area contributed by atoms with Crippen molar-refractivity contribution in [3.8, 4) is 11.5 Å². The summed E-state index contributed by atoms with van der Waals surface area (Å²) in [6.45, 7) is 5.00. The molecule has 2 aromatic rings. The molecule has 0 aliphatic rings. The average Bonchev–Trinajstić information content (AvgIpc) is 2.50. The Hall–Kier alpha value is -2.51. The molecule has 0 bridgehead atoms. The summed E-state index contributed by atoms with van der Waals surface area (Å²) in [7, 11) is 0. The van der Waals surface area contributed by atoms with Crippen LogP contribution in [0, 0.1) is 6.92 Å². The van der Waals surface area contributed by atoms with Gasteiger partial charge in [0.05, 0.1) is 11.8 Å². The Labute approximate surface area is 145 Å². The van der Waals surface area contributed by atoms with Crippen LogP contribution in [-0.2, 0) is 16.8 Å². The second-order valence-corrected chi connectivity index (χ2v) is 3.69. The van der Waals surface area contributed by atoms with Crippen molar-refractivity contribution < 1.29 is 36.6 Å². The van der Waals surface area contributed by atoms with E-state index in [0.717, 1.165) is 0 Å². The van der Waals surface area contributed by atoms with E-state index in [0.29, 0.717) is 0 Å². The third-order valence-corrected chi connectivity index (χ3v) is 2.30. The maximum absolute atomic E-state index is 10.4. The Balaban J connectivity index is 0. The maximum Gasteiger partial charge on any atom is 3.00 e. The standard InChI is InChI=1S/2C7H7NO2.C2H5.Co/c2*8-7(10)5-3-1-2-4-6(5)9;1-2;/h2*1-4H,(H3,8,9,10);1H2,2H3;/q;;-1;+3/p-2. The second-order valence-electron chi connectivity index (χ2n) is 3.69. The minimum atomic E-state index is -0.863. The molecule has 0 aliphatic carbocycles. The van der Waals surface area contributed by atoms with Crippen molar-refractivity contribution in [2.24, 2.45) is 0 Å². The van der Waals surface area contributed by atoms with Crippen molar-refractivity contribution in [1.29, 1.82) is 0 Å². The SMILES string of the molecule is [CH2-]C.[Co+3].[NH-]C(=O)c1ccccc1O.[NH-]C(=O)c1ccccc1O. The van der Waals surface area contributed by atoms with Crippen LogP contribution in [-0.4, -0.2) is 22.0 Å². The number of rotatable bonds is 2. The molecule has 7 heteroatoms. The quantitative estimate of drug-likeness (QED) is 0.786. The molecule has 2 amide bonds.